The number of rotatable bonds is 18. The van der Waals surface area contributed by atoms with E-state index in [9.17, 15) is 4.79 Å². The van der Waals surface area contributed by atoms with Crippen LogP contribution < -0.4 is 0 Å². The molecule has 0 aromatic carbocycles. The van der Waals surface area contributed by atoms with Crippen LogP contribution in [-0.4, -0.2) is 12.1 Å². The van der Waals surface area contributed by atoms with E-state index in [1.165, 1.54) is 89.9 Å². The number of hydrogen-bond donors (Lipinski definition) is 0. The summed E-state index contributed by atoms with van der Waals surface area (Å²) in [6.07, 6.45) is 21.3. The molecule has 0 unspecified atom stereocenters. The van der Waals surface area contributed by atoms with Crippen molar-refractivity contribution in [1.29, 1.82) is 0 Å². The Kier molecular flexibility index (Phi) is 18.4. The lowest BCUT2D eigenvalue weighted by Gasteiger charge is -2.17. The Morgan fingerprint density at radius 3 is 1.38 bits per heavy atom. The summed E-state index contributed by atoms with van der Waals surface area (Å²) in [5.74, 6) is -0.0223. The van der Waals surface area contributed by atoms with Crippen LogP contribution in [0.5, 0.6) is 0 Å². The maximum Gasteiger partial charge on any atom is 0.305 e. The SMILES string of the molecule is CCCCCCCCCC(CCCCCCCCC)OC(=O)CC. The van der Waals surface area contributed by atoms with E-state index in [1.54, 1.807) is 0 Å². The molecule has 0 fully saturated rings. The molecule has 0 saturated heterocycles. The highest BCUT2D eigenvalue weighted by Gasteiger charge is 2.12. The number of hydrogen-bond acceptors (Lipinski definition) is 2. The fraction of sp³-hybridized carbons (Fsp3) is 0.955. The molecule has 0 atom stereocenters. The first kappa shape index (κ1) is 23.5. The molecule has 0 N–H and O–H groups in total. The van der Waals surface area contributed by atoms with Gasteiger partial charge in [-0.1, -0.05) is 97.8 Å². The average Bonchev–Trinajstić information content (AvgIpc) is 2.59. The standard InChI is InChI=1S/C22H44O2/c1-4-7-9-11-13-15-17-19-21(24-22(23)6-3)20-18-16-14-12-10-8-5-2/h21H,4-20H2,1-3H3. The highest BCUT2D eigenvalue weighted by molar-refractivity contribution is 5.69. The maximum absolute atomic E-state index is 11.6. The summed E-state index contributed by atoms with van der Waals surface area (Å²) >= 11 is 0. The van der Waals surface area contributed by atoms with Crippen LogP contribution in [-0.2, 0) is 9.53 Å². The number of carbonyl (C=O) groups is 1. The van der Waals surface area contributed by atoms with Crippen molar-refractivity contribution in [1.82, 2.24) is 0 Å². The molecule has 2 heteroatoms. The van der Waals surface area contributed by atoms with Crippen LogP contribution in [0, 0.1) is 0 Å². The third kappa shape index (κ3) is 16.3. The molecule has 0 amide bonds. The topological polar surface area (TPSA) is 26.3 Å². The minimum Gasteiger partial charge on any atom is -0.462 e. The van der Waals surface area contributed by atoms with Gasteiger partial charge in [0.05, 0.1) is 0 Å². The Hall–Kier alpha value is -0.530. The molecule has 0 bridgehead atoms. The first-order valence-corrected chi connectivity index (χ1v) is 10.9. The Morgan fingerprint density at radius 2 is 1.00 bits per heavy atom. The van der Waals surface area contributed by atoms with E-state index in [0.29, 0.717) is 6.42 Å². The molecular formula is C22H44O2. The van der Waals surface area contributed by atoms with Gasteiger partial charge in [0.2, 0.25) is 0 Å². The van der Waals surface area contributed by atoms with Gasteiger partial charge in [0.25, 0.3) is 0 Å². The Labute approximate surface area is 152 Å². The van der Waals surface area contributed by atoms with Crippen molar-refractivity contribution in [2.45, 2.75) is 136 Å². The van der Waals surface area contributed by atoms with Crippen molar-refractivity contribution in [2.75, 3.05) is 0 Å². The molecule has 0 spiro atoms. The van der Waals surface area contributed by atoms with Crippen molar-refractivity contribution in [3.63, 3.8) is 0 Å². The second-order valence-corrected chi connectivity index (χ2v) is 7.29. The summed E-state index contributed by atoms with van der Waals surface area (Å²) in [5.41, 5.74) is 0. The summed E-state index contributed by atoms with van der Waals surface area (Å²) < 4.78 is 5.65. The predicted octanol–water partition coefficient (Wildman–Crippen LogP) is 7.59. The summed E-state index contributed by atoms with van der Waals surface area (Å²) in [5, 5.41) is 0. The highest BCUT2D eigenvalue weighted by atomic mass is 16.5. The van der Waals surface area contributed by atoms with Gasteiger partial charge in [-0.15, -0.1) is 0 Å². The van der Waals surface area contributed by atoms with Crippen molar-refractivity contribution in [3.05, 3.63) is 0 Å². The molecule has 0 radical (unpaired) electrons. The quantitative estimate of drug-likeness (QED) is 0.190. The number of carbonyl (C=O) groups excluding carboxylic acids is 1. The molecule has 0 aliphatic rings. The fourth-order valence-corrected chi connectivity index (χ4v) is 3.19. The third-order valence-corrected chi connectivity index (χ3v) is 4.85. The van der Waals surface area contributed by atoms with E-state index >= 15 is 0 Å². The van der Waals surface area contributed by atoms with Crippen LogP contribution in [0.3, 0.4) is 0 Å². The van der Waals surface area contributed by atoms with E-state index in [1.807, 2.05) is 6.92 Å². The summed E-state index contributed by atoms with van der Waals surface area (Å²) in [4.78, 5) is 11.6. The van der Waals surface area contributed by atoms with Crippen LogP contribution in [0.25, 0.3) is 0 Å². The van der Waals surface area contributed by atoms with Crippen molar-refractivity contribution < 1.29 is 9.53 Å². The molecule has 0 aliphatic heterocycles. The Bertz CT molecular complexity index is 245. The minimum atomic E-state index is -0.0223. The van der Waals surface area contributed by atoms with E-state index in [0.717, 1.165) is 12.8 Å². The van der Waals surface area contributed by atoms with Crippen molar-refractivity contribution in [2.24, 2.45) is 0 Å². The number of esters is 1. The lowest BCUT2D eigenvalue weighted by atomic mass is 10.0. The van der Waals surface area contributed by atoms with E-state index in [2.05, 4.69) is 13.8 Å². The van der Waals surface area contributed by atoms with Crippen LogP contribution in [0.15, 0.2) is 0 Å². The van der Waals surface area contributed by atoms with Crippen LogP contribution >= 0.6 is 0 Å². The molecule has 24 heavy (non-hydrogen) atoms. The monoisotopic (exact) mass is 340 g/mol. The Morgan fingerprint density at radius 1 is 0.625 bits per heavy atom. The lowest BCUT2D eigenvalue weighted by molar-refractivity contribution is -0.149. The van der Waals surface area contributed by atoms with Crippen molar-refractivity contribution in [3.8, 4) is 0 Å². The normalized spacial score (nSPS) is 11.2. The summed E-state index contributed by atoms with van der Waals surface area (Å²) in [7, 11) is 0. The van der Waals surface area contributed by atoms with E-state index in [-0.39, 0.29) is 12.1 Å². The van der Waals surface area contributed by atoms with Gasteiger partial charge in [0.15, 0.2) is 0 Å². The minimum absolute atomic E-state index is 0.0223. The lowest BCUT2D eigenvalue weighted by Crippen LogP contribution is -2.17. The highest BCUT2D eigenvalue weighted by Crippen LogP contribution is 2.17. The largest absolute Gasteiger partial charge is 0.462 e. The van der Waals surface area contributed by atoms with Gasteiger partial charge in [0, 0.05) is 6.42 Å². The van der Waals surface area contributed by atoms with Gasteiger partial charge in [-0.25, -0.2) is 0 Å². The van der Waals surface area contributed by atoms with Crippen LogP contribution in [0.4, 0.5) is 0 Å². The van der Waals surface area contributed by atoms with Crippen LogP contribution in [0.1, 0.15) is 130 Å². The van der Waals surface area contributed by atoms with Gasteiger partial charge < -0.3 is 4.74 Å². The van der Waals surface area contributed by atoms with E-state index in [4.69, 9.17) is 4.74 Å². The predicted molar refractivity (Wildman–Crippen MR) is 105 cm³/mol. The number of unbranched alkanes of at least 4 members (excludes halogenated alkanes) is 12. The first-order valence-electron chi connectivity index (χ1n) is 10.9. The van der Waals surface area contributed by atoms with Gasteiger partial charge in [0.1, 0.15) is 6.10 Å². The smallest absolute Gasteiger partial charge is 0.305 e. The molecule has 0 rings (SSSR count). The zero-order chi connectivity index (χ0) is 17.9. The average molecular weight is 341 g/mol. The van der Waals surface area contributed by atoms with Gasteiger partial charge in [-0.05, 0) is 25.7 Å². The Balaban J connectivity index is 3.75. The van der Waals surface area contributed by atoms with E-state index < -0.39 is 0 Å². The molecule has 0 saturated carbocycles. The second-order valence-electron chi connectivity index (χ2n) is 7.29. The van der Waals surface area contributed by atoms with Gasteiger partial charge in [-0.2, -0.15) is 0 Å². The molecule has 0 aliphatic carbocycles. The number of ether oxygens (including phenoxy) is 1. The van der Waals surface area contributed by atoms with Gasteiger partial charge in [-0.3, -0.25) is 4.79 Å². The molecular weight excluding hydrogens is 296 g/mol. The van der Waals surface area contributed by atoms with Crippen molar-refractivity contribution >= 4 is 5.97 Å². The first-order chi connectivity index (χ1) is 11.7. The zero-order valence-electron chi connectivity index (χ0n) is 16.9. The summed E-state index contributed by atoms with van der Waals surface area (Å²) in [6.45, 7) is 6.41. The molecule has 0 aromatic heterocycles. The van der Waals surface area contributed by atoms with Crippen LogP contribution in [0.2, 0.25) is 0 Å². The molecule has 144 valence electrons. The maximum atomic E-state index is 11.6. The molecule has 0 aromatic rings. The zero-order valence-corrected chi connectivity index (χ0v) is 16.9. The fourth-order valence-electron chi connectivity index (χ4n) is 3.19. The molecule has 2 nitrogen and oxygen atoms in total. The second kappa shape index (κ2) is 18.8. The third-order valence-electron chi connectivity index (χ3n) is 4.85. The molecule has 0 heterocycles. The summed E-state index contributed by atoms with van der Waals surface area (Å²) in [6, 6.07) is 0. The van der Waals surface area contributed by atoms with Gasteiger partial charge >= 0.3 is 5.97 Å².